The summed E-state index contributed by atoms with van der Waals surface area (Å²) in [6.45, 7) is 1.39. The summed E-state index contributed by atoms with van der Waals surface area (Å²) >= 11 is 10.9. The molecule has 0 fully saturated rings. The minimum absolute atomic E-state index is 0.599. The van der Waals surface area contributed by atoms with Gasteiger partial charge in [-0.1, -0.05) is 28.9 Å². The van der Waals surface area contributed by atoms with Crippen LogP contribution < -0.4 is 0 Å². The maximum Gasteiger partial charge on any atom is 0.241 e. The van der Waals surface area contributed by atoms with Gasteiger partial charge in [0.15, 0.2) is 0 Å². The third-order valence-electron chi connectivity index (χ3n) is 3.03. The van der Waals surface area contributed by atoms with Crippen LogP contribution in [0.4, 0.5) is 0 Å². The van der Waals surface area contributed by atoms with Crippen LogP contribution in [0.1, 0.15) is 11.5 Å². The van der Waals surface area contributed by atoms with Gasteiger partial charge in [-0.05, 0) is 46.7 Å². The molecule has 3 aromatic rings. The van der Waals surface area contributed by atoms with E-state index in [0.717, 1.165) is 20.9 Å². The van der Waals surface area contributed by atoms with E-state index in [-0.39, 0.29) is 0 Å². The zero-order chi connectivity index (χ0) is 15.5. The van der Waals surface area contributed by atoms with E-state index in [1.165, 1.54) is 5.56 Å². The van der Waals surface area contributed by atoms with Gasteiger partial charge in [-0.3, -0.25) is 4.90 Å². The Morgan fingerprint density at radius 1 is 1.27 bits per heavy atom. The van der Waals surface area contributed by atoms with Gasteiger partial charge in [-0.25, -0.2) is 0 Å². The van der Waals surface area contributed by atoms with Crippen LogP contribution in [0.2, 0.25) is 5.02 Å². The number of thiophene rings is 1. The van der Waals surface area contributed by atoms with Gasteiger partial charge in [0.25, 0.3) is 0 Å². The molecule has 0 saturated heterocycles. The van der Waals surface area contributed by atoms with E-state index in [9.17, 15) is 0 Å². The fourth-order valence-electron chi connectivity index (χ4n) is 2.04. The first-order valence-corrected chi connectivity index (χ1v) is 8.65. The number of aromatic nitrogens is 2. The molecule has 0 saturated carbocycles. The normalized spacial score (nSPS) is 11.3. The zero-order valence-electron chi connectivity index (χ0n) is 11.8. The highest BCUT2D eigenvalue weighted by atomic mass is 79.9. The standard InChI is InChI=1S/C15H13BrClN3OS/c1-20(7-10-2-4-12(17)5-3-10)8-14-18-15(19-21-14)13-6-11(16)9-22-13/h2-6,9H,7-8H2,1H3. The van der Waals surface area contributed by atoms with Gasteiger partial charge >= 0.3 is 0 Å². The van der Waals surface area contributed by atoms with Crippen LogP contribution in [0, 0.1) is 0 Å². The molecule has 0 aliphatic rings. The molecule has 0 aliphatic carbocycles. The fraction of sp³-hybridized carbons (Fsp3) is 0.200. The van der Waals surface area contributed by atoms with Crippen molar-refractivity contribution in [2.45, 2.75) is 13.1 Å². The summed E-state index contributed by atoms with van der Waals surface area (Å²) in [4.78, 5) is 7.54. The van der Waals surface area contributed by atoms with E-state index in [2.05, 4.69) is 31.0 Å². The Morgan fingerprint density at radius 3 is 2.73 bits per heavy atom. The summed E-state index contributed by atoms with van der Waals surface area (Å²) in [6, 6.07) is 9.80. The molecule has 2 heterocycles. The molecule has 4 nitrogen and oxygen atoms in total. The molecule has 0 bridgehead atoms. The van der Waals surface area contributed by atoms with E-state index >= 15 is 0 Å². The van der Waals surface area contributed by atoms with Gasteiger partial charge in [-0.2, -0.15) is 4.98 Å². The monoisotopic (exact) mass is 397 g/mol. The van der Waals surface area contributed by atoms with Gasteiger partial charge in [0, 0.05) is 21.4 Å². The number of halogens is 2. The smallest absolute Gasteiger partial charge is 0.241 e. The van der Waals surface area contributed by atoms with Crippen molar-refractivity contribution in [1.82, 2.24) is 15.0 Å². The summed E-state index contributed by atoms with van der Waals surface area (Å²) in [7, 11) is 2.01. The molecule has 1 aromatic carbocycles. The highest BCUT2D eigenvalue weighted by molar-refractivity contribution is 9.10. The number of benzene rings is 1. The molecule has 7 heteroatoms. The first-order valence-electron chi connectivity index (χ1n) is 6.60. The number of rotatable bonds is 5. The van der Waals surface area contributed by atoms with Gasteiger partial charge in [0.05, 0.1) is 11.4 Å². The largest absolute Gasteiger partial charge is 0.338 e. The molecule has 3 rings (SSSR count). The van der Waals surface area contributed by atoms with E-state index in [4.69, 9.17) is 16.1 Å². The van der Waals surface area contributed by atoms with Crippen LogP contribution in [0.15, 0.2) is 44.7 Å². The van der Waals surface area contributed by atoms with Gasteiger partial charge in [0.2, 0.25) is 11.7 Å². The quantitative estimate of drug-likeness (QED) is 0.616. The Kier molecular flexibility index (Phi) is 4.93. The first kappa shape index (κ1) is 15.7. The van der Waals surface area contributed by atoms with Crippen molar-refractivity contribution >= 4 is 38.9 Å². The number of nitrogens with zero attached hydrogens (tertiary/aromatic N) is 3. The van der Waals surface area contributed by atoms with Crippen molar-refractivity contribution in [3.63, 3.8) is 0 Å². The average Bonchev–Trinajstić information content (AvgIpc) is 3.10. The van der Waals surface area contributed by atoms with Crippen molar-refractivity contribution in [3.8, 4) is 10.7 Å². The summed E-state index contributed by atoms with van der Waals surface area (Å²) in [5.41, 5.74) is 1.19. The van der Waals surface area contributed by atoms with Crippen molar-refractivity contribution < 1.29 is 4.52 Å². The van der Waals surface area contributed by atoms with E-state index in [1.54, 1.807) is 11.3 Å². The molecule has 22 heavy (non-hydrogen) atoms. The van der Waals surface area contributed by atoms with Crippen molar-refractivity contribution in [1.29, 1.82) is 0 Å². The Balaban J connectivity index is 1.63. The van der Waals surface area contributed by atoms with Gasteiger partial charge in [0.1, 0.15) is 0 Å². The Hall–Kier alpha value is -1.21. The third-order valence-corrected chi connectivity index (χ3v) is 4.97. The molecule has 0 atom stereocenters. The van der Waals surface area contributed by atoms with Crippen molar-refractivity contribution in [2.24, 2.45) is 0 Å². The van der Waals surface area contributed by atoms with Crippen molar-refractivity contribution in [2.75, 3.05) is 7.05 Å². The molecule has 0 aliphatic heterocycles. The second-order valence-electron chi connectivity index (χ2n) is 4.94. The highest BCUT2D eigenvalue weighted by Gasteiger charge is 2.12. The second kappa shape index (κ2) is 6.91. The molecular weight excluding hydrogens is 386 g/mol. The lowest BCUT2D eigenvalue weighted by Gasteiger charge is -2.13. The molecule has 0 radical (unpaired) electrons. The molecule has 0 spiro atoms. The maximum absolute atomic E-state index is 5.89. The van der Waals surface area contributed by atoms with Crippen molar-refractivity contribution in [3.05, 3.63) is 56.7 Å². The predicted octanol–water partition coefficient (Wildman–Crippen LogP) is 4.85. The number of hydrogen-bond donors (Lipinski definition) is 0. The van der Waals surface area contributed by atoms with Crippen LogP contribution in [-0.4, -0.2) is 22.1 Å². The Labute approximate surface area is 145 Å². The Bertz CT molecular complexity index is 756. The van der Waals surface area contributed by atoms with Crippen LogP contribution in [-0.2, 0) is 13.1 Å². The van der Waals surface area contributed by atoms with Gasteiger partial charge < -0.3 is 4.52 Å². The van der Waals surface area contributed by atoms with Gasteiger partial charge in [-0.15, -0.1) is 11.3 Å². The zero-order valence-corrected chi connectivity index (χ0v) is 15.0. The van der Waals surface area contributed by atoms with E-state index in [1.807, 2.05) is 42.8 Å². The minimum Gasteiger partial charge on any atom is -0.338 e. The Morgan fingerprint density at radius 2 is 2.05 bits per heavy atom. The second-order valence-corrected chi connectivity index (χ2v) is 7.20. The van der Waals surface area contributed by atoms with Crippen LogP contribution in [0.25, 0.3) is 10.7 Å². The van der Waals surface area contributed by atoms with Crippen LogP contribution in [0.3, 0.4) is 0 Å². The lowest BCUT2D eigenvalue weighted by Crippen LogP contribution is -2.17. The number of hydrogen-bond acceptors (Lipinski definition) is 5. The lowest BCUT2D eigenvalue weighted by molar-refractivity contribution is 0.261. The average molecular weight is 399 g/mol. The third kappa shape index (κ3) is 3.95. The molecule has 0 amide bonds. The first-order chi connectivity index (χ1) is 10.6. The molecule has 0 N–H and O–H groups in total. The minimum atomic E-state index is 0.599. The summed E-state index contributed by atoms with van der Waals surface area (Å²) in [5.74, 6) is 1.24. The lowest BCUT2D eigenvalue weighted by atomic mass is 10.2. The van der Waals surface area contributed by atoms with Crippen LogP contribution in [0.5, 0.6) is 0 Å². The maximum atomic E-state index is 5.89. The summed E-state index contributed by atoms with van der Waals surface area (Å²) < 4.78 is 6.35. The molecular formula is C15H13BrClN3OS. The van der Waals surface area contributed by atoms with E-state index < -0.39 is 0 Å². The SMILES string of the molecule is CN(Cc1ccc(Cl)cc1)Cc1nc(-c2cc(Br)cs2)no1. The molecule has 2 aromatic heterocycles. The fourth-order valence-corrected chi connectivity index (χ4v) is 3.52. The highest BCUT2D eigenvalue weighted by Crippen LogP contribution is 2.27. The topological polar surface area (TPSA) is 42.2 Å². The summed E-state index contributed by atoms with van der Waals surface area (Å²) in [5, 5.41) is 6.77. The summed E-state index contributed by atoms with van der Waals surface area (Å²) in [6.07, 6.45) is 0. The van der Waals surface area contributed by atoms with E-state index in [0.29, 0.717) is 18.3 Å². The molecule has 0 unspecified atom stereocenters. The van der Waals surface area contributed by atoms with Crippen LogP contribution >= 0.6 is 38.9 Å². The molecule has 114 valence electrons. The predicted molar refractivity (Wildman–Crippen MR) is 91.9 cm³/mol.